The molecule has 0 saturated carbocycles. The Labute approximate surface area is 123 Å². The van der Waals surface area contributed by atoms with Gasteiger partial charge in [-0.15, -0.1) is 0 Å². The van der Waals surface area contributed by atoms with E-state index in [1.807, 2.05) is 6.07 Å². The summed E-state index contributed by atoms with van der Waals surface area (Å²) in [6.07, 6.45) is 1.13. The Morgan fingerprint density at radius 3 is 2.60 bits per heavy atom. The summed E-state index contributed by atoms with van der Waals surface area (Å²) in [6, 6.07) is 8.58. The van der Waals surface area contributed by atoms with E-state index >= 15 is 0 Å². The van der Waals surface area contributed by atoms with Gasteiger partial charge in [-0.25, -0.2) is 0 Å². The molecule has 1 N–H and O–H groups in total. The van der Waals surface area contributed by atoms with Gasteiger partial charge in [0.2, 0.25) is 0 Å². The molecule has 20 heavy (non-hydrogen) atoms. The van der Waals surface area contributed by atoms with E-state index in [0.717, 1.165) is 43.9 Å². The molecule has 0 spiro atoms. The van der Waals surface area contributed by atoms with Crippen molar-refractivity contribution in [3.63, 3.8) is 0 Å². The van der Waals surface area contributed by atoms with Crippen molar-refractivity contribution in [3.8, 4) is 6.07 Å². The number of anilines is 1. The van der Waals surface area contributed by atoms with Crippen molar-refractivity contribution in [3.05, 3.63) is 29.3 Å². The monoisotopic (exact) mass is 273 g/mol. The summed E-state index contributed by atoms with van der Waals surface area (Å²) in [5.74, 6) is 0.590. The first-order chi connectivity index (χ1) is 9.62. The minimum atomic E-state index is 0.590. The molecule has 0 radical (unpaired) electrons. The lowest BCUT2D eigenvalue weighted by Crippen LogP contribution is -2.28. The van der Waals surface area contributed by atoms with Gasteiger partial charge in [0.05, 0.1) is 11.3 Å². The number of hydrogen-bond acceptors (Lipinski definition) is 3. The van der Waals surface area contributed by atoms with Crippen LogP contribution in [-0.2, 0) is 6.54 Å². The number of hydrogen-bond donors (Lipinski definition) is 1. The van der Waals surface area contributed by atoms with Gasteiger partial charge in [-0.1, -0.05) is 26.8 Å². The van der Waals surface area contributed by atoms with Crippen LogP contribution in [0, 0.1) is 17.2 Å². The third-order valence-corrected chi connectivity index (χ3v) is 3.25. The molecular weight excluding hydrogens is 246 g/mol. The zero-order valence-corrected chi connectivity index (χ0v) is 13.2. The van der Waals surface area contributed by atoms with E-state index in [4.69, 9.17) is 0 Å². The van der Waals surface area contributed by atoms with Crippen LogP contribution in [0.4, 0.5) is 5.69 Å². The van der Waals surface area contributed by atoms with Crippen LogP contribution in [0.15, 0.2) is 18.2 Å². The number of nitrogens with one attached hydrogen (secondary N) is 1. The molecular formula is C17H27N3. The van der Waals surface area contributed by atoms with E-state index in [-0.39, 0.29) is 0 Å². The van der Waals surface area contributed by atoms with Crippen LogP contribution in [-0.4, -0.2) is 19.6 Å². The third kappa shape index (κ3) is 4.86. The maximum atomic E-state index is 9.40. The van der Waals surface area contributed by atoms with E-state index in [9.17, 15) is 5.26 Å². The van der Waals surface area contributed by atoms with E-state index < -0.39 is 0 Å². The second kappa shape index (κ2) is 8.60. The molecule has 0 fully saturated rings. The van der Waals surface area contributed by atoms with Gasteiger partial charge in [0.25, 0.3) is 0 Å². The molecule has 0 aliphatic carbocycles. The van der Waals surface area contributed by atoms with Crippen molar-refractivity contribution in [2.45, 2.75) is 40.7 Å². The van der Waals surface area contributed by atoms with Crippen LogP contribution < -0.4 is 10.2 Å². The summed E-state index contributed by atoms with van der Waals surface area (Å²) in [4.78, 5) is 2.28. The molecule has 0 amide bonds. The highest BCUT2D eigenvalue weighted by molar-refractivity contribution is 5.60. The molecule has 0 bridgehead atoms. The molecule has 110 valence electrons. The van der Waals surface area contributed by atoms with Gasteiger partial charge in [0.1, 0.15) is 6.07 Å². The van der Waals surface area contributed by atoms with Crippen LogP contribution in [0.25, 0.3) is 0 Å². The van der Waals surface area contributed by atoms with Crippen LogP contribution in [0.5, 0.6) is 0 Å². The van der Waals surface area contributed by atoms with Gasteiger partial charge in [0, 0.05) is 19.6 Å². The minimum Gasteiger partial charge on any atom is -0.370 e. The first-order valence-corrected chi connectivity index (χ1v) is 7.61. The summed E-state index contributed by atoms with van der Waals surface area (Å²) >= 11 is 0. The van der Waals surface area contributed by atoms with Crippen molar-refractivity contribution in [1.82, 2.24) is 5.32 Å². The Bertz CT molecular complexity index is 446. The van der Waals surface area contributed by atoms with Gasteiger partial charge in [-0.2, -0.15) is 5.26 Å². The molecule has 1 aromatic carbocycles. The fraction of sp³-hybridized carbons (Fsp3) is 0.588. The van der Waals surface area contributed by atoms with Gasteiger partial charge in [-0.05, 0) is 43.5 Å². The van der Waals surface area contributed by atoms with Crippen molar-refractivity contribution in [2.24, 2.45) is 5.92 Å². The van der Waals surface area contributed by atoms with Crippen molar-refractivity contribution in [1.29, 1.82) is 5.26 Å². The third-order valence-electron chi connectivity index (χ3n) is 3.25. The predicted octanol–water partition coefficient (Wildman–Crippen LogP) is 3.54. The highest BCUT2D eigenvalue weighted by Crippen LogP contribution is 2.22. The molecule has 3 heteroatoms. The standard InChI is InChI=1S/C17H27N3/c1-5-9-19-12-15-7-8-17(16(10-15)11-18)20(6-2)13-14(3)4/h7-8,10,14,19H,5-6,9,12-13H2,1-4H3. The van der Waals surface area contributed by atoms with Crippen molar-refractivity contribution >= 4 is 5.69 Å². The Balaban J connectivity index is 2.89. The zero-order chi connectivity index (χ0) is 15.0. The lowest BCUT2D eigenvalue weighted by Gasteiger charge is -2.26. The van der Waals surface area contributed by atoms with Crippen LogP contribution in [0.3, 0.4) is 0 Å². The summed E-state index contributed by atoms with van der Waals surface area (Å²) in [6.45, 7) is 12.5. The highest BCUT2D eigenvalue weighted by atomic mass is 15.1. The fourth-order valence-corrected chi connectivity index (χ4v) is 2.31. The normalized spacial score (nSPS) is 10.6. The van der Waals surface area contributed by atoms with E-state index in [2.05, 4.69) is 56.1 Å². The Kier molecular flexibility index (Phi) is 7.11. The van der Waals surface area contributed by atoms with E-state index in [1.165, 1.54) is 5.56 Å². The molecule has 0 atom stereocenters. The molecule has 0 aliphatic heterocycles. The quantitative estimate of drug-likeness (QED) is 0.736. The van der Waals surface area contributed by atoms with Gasteiger partial charge in [0.15, 0.2) is 0 Å². The maximum Gasteiger partial charge on any atom is 0.101 e. The summed E-state index contributed by atoms with van der Waals surface area (Å²) in [7, 11) is 0. The van der Waals surface area contributed by atoms with Crippen LogP contribution in [0.2, 0.25) is 0 Å². The lowest BCUT2D eigenvalue weighted by molar-refractivity contribution is 0.618. The average molecular weight is 273 g/mol. The molecule has 0 saturated heterocycles. The maximum absolute atomic E-state index is 9.40. The smallest absolute Gasteiger partial charge is 0.101 e. The summed E-state index contributed by atoms with van der Waals surface area (Å²) in [5, 5.41) is 12.8. The molecule has 3 nitrogen and oxygen atoms in total. The Morgan fingerprint density at radius 2 is 2.05 bits per heavy atom. The SMILES string of the molecule is CCCNCc1ccc(N(CC)CC(C)C)c(C#N)c1. The molecule has 0 aromatic heterocycles. The number of nitrogens with zero attached hydrogens (tertiary/aromatic N) is 2. The lowest BCUT2D eigenvalue weighted by atomic mass is 10.1. The summed E-state index contributed by atoms with van der Waals surface area (Å²) in [5.41, 5.74) is 3.02. The predicted molar refractivity (Wildman–Crippen MR) is 85.9 cm³/mol. The molecule has 0 heterocycles. The van der Waals surface area contributed by atoms with Gasteiger partial charge >= 0.3 is 0 Å². The van der Waals surface area contributed by atoms with Crippen molar-refractivity contribution < 1.29 is 0 Å². The molecule has 1 aromatic rings. The first-order valence-electron chi connectivity index (χ1n) is 7.61. The molecule has 0 unspecified atom stereocenters. The Morgan fingerprint density at radius 1 is 1.30 bits per heavy atom. The van der Waals surface area contributed by atoms with E-state index in [0.29, 0.717) is 5.92 Å². The molecule has 0 aliphatic rings. The van der Waals surface area contributed by atoms with Gasteiger partial charge in [-0.3, -0.25) is 0 Å². The summed E-state index contributed by atoms with van der Waals surface area (Å²) < 4.78 is 0. The highest BCUT2D eigenvalue weighted by Gasteiger charge is 2.11. The van der Waals surface area contributed by atoms with Gasteiger partial charge < -0.3 is 10.2 Å². The topological polar surface area (TPSA) is 39.1 Å². The number of rotatable bonds is 8. The first kappa shape index (κ1) is 16.5. The fourth-order valence-electron chi connectivity index (χ4n) is 2.31. The minimum absolute atomic E-state index is 0.590. The average Bonchev–Trinajstić information content (AvgIpc) is 2.45. The molecule has 1 rings (SSSR count). The largest absolute Gasteiger partial charge is 0.370 e. The zero-order valence-electron chi connectivity index (χ0n) is 13.2. The number of nitriles is 1. The van der Waals surface area contributed by atoms with Crippen LogP contribution >= 0.6 is 0 Å². The second-order valence-corrected chi connectivity index (χ2v) is 5.57. The van der Waals surface area contributed by atoms with E-state index in [1.54, 1.807) is 0 Å². The van der Waals surface area contributed by atoms with Crippen molar-refractivity contribution in [2.75, 3.05) is 24.5 Å². The second-order valence-electron chi connectivity index (χ2n) is 5.57. The number of benzene rings is 1. The Hall–Kier alpha value is -1.53. The van der Waals surface area contributed by atoms with Crippen LogP contribution in [0.1, 0.15) is 45.2 Å².